The standard InChI is InChI=1S/C21H31N7O2S.HI/c1-4-18-25-21(31-26-18)28-14-12-27(13-15-28)20(22-5-2)24-11-10-23-19(29)16-6-8-17(30-3)9-7-16;/h6-9H,4-5,10-15H2,1-3H3,(H,22,24)(H,23,29);1H. The van der Waals surface area contributed by atoms with Gasteiger partial charge in [0.1, 0.15) is 11.6 Å². The molecule has 1 amide bonds. The Kier molecular flexibility index (Phi) is 10.9. The van der Waals surface area contributed by atoms with Crippen LogP contribution >= 0.6 is 35.5 Å². The third kappa shape index (κ3) is 7.19. The molecule has 0 aliphatic carbocycles. The molecule has 9 nitrogen and oxygen atoms in total. The Labute approximate surface area is 210 Å². The summed E-state index contributed by atoms with van der Waals surface area (Å²) < 4.78 is 9.51. The molecule has 2 aromatic rings. The Morgan fingerprint density at radius 1 is 1.16 bits per heavy atom. The van der Waals surface area contributed by atoms with Gasteiger partial charge in [0.05, 0.1) is 13.7 Å². The smallest absolute Gasteiger partial charge is 0.251 e. The van der Waals surface area contributed by atoms with E-state index >= 15 is 0 Å². The van der Waals surface area contributed by atoms with Gasteiger partial charge in [-0.1, -0.05) is 6.92 Å². The molecule has 0 spiro atoms. The lowest BCUT2D eigenvalue weighted by atomic mass is 10.2. The topological polar surface area (TPSA) is 95.0 Å². The highest BCUT2D eigenvalue weighted by atomic mass is 127. The Morgan fingerprint density at radius 3 is 2.47 bits per heavy atom. The summed E-state index contributed by atoms with van der Waals surface area (Å²) >= 11 is 1.47. The Morgan fingerprint density at radius 2 is 1.88 bits per heavy atom. The van der Waals surface area contributed by atoms with Crippen LogP contribution < -0.4 is 20.3 Å². The number of carbonyl (C=O) groups is 1. The van der Waals surface area contributed by atoms with Crippen LogP contribution in [0.1, 0.15) is 30.0 Å². The van der Waals surface area contributed by atoms with Crippen molar-refractivity contribution in [3.05, 3.63) is 35.7 Å². The van der Waals surface area contributed by atoms with Crippen molar-refractivity contribution >= 4 is 52.5 Å². The third-order valence-electron chi connectivity index (χ3n) is 4.97. The molecule has 0 unspecified atom stereocenters. The van der Waals surface area contributed by atoms with E-state index in [1.165, 1.54) is 11.5 Å². The van der Waals surface area contributed by atoms with Gasteiger partial charge in [-0.15, -0.1) is 24.0 Å². The number of aromatic nitrogens is 2. The molecule has 0 atom stereocenters. The average molecular weight is 574 g/mol. The fourth-order valence-corrected chi connectivity index (χ4v) is 4.03. The molecular formula is C21H32IN7O2S. The first kappa shape index (κ1) is 26.1. The number of hydrogen-bond donors (Lipinski definition) is 2. The zero-order valence-corrected chi connectivity index (χ0v) is 22.0. The fourth-order valence-electron chi connectivity index (χ4n) is 3.23. The van der Waals surface area contributed by atoms with Crippen LogP contribution in [-0.2, 0) is 6.42 Å². The SMILES string of the molecule is CCNC(=NCCNC(=O)c1ccc(OC)cc1)N1CCN(c2nc(CC)ns2)CC1.I. The van der Waals surface area contributed by atoms with Crippen LogP contribution in [0.2, 0.25) is 0 Å². The van der Waals surface area contributed by atoms with Gasteiger partial charge in [-0.3, -0.25) is 9.79 Å². The number of anilines is 1. The van der Waals surface area contributed by atoms with E-state index in [4.69, 9.17) is 9.73 Å². The number of carbonyl (C=O) groups excluding carboxylic acids is 1. The first-order valence-electron chi connectivity index (χ1n) is 10.7. The van der Waals surface area contributed by atoms with Gasteiger partial charge < -0.3 is 25.2 Å². The highest BCUT2D eigenvalue weighted by Crippen LogP contribution is 2.19. The highest BCUT2D eigenvalue weighted by molar-refractivity contribution is 14.0. The number of rotatable bonds is 8. The maximum absolute atomic E-state index is 12.3. The average Bonchev–Trinajstić information content (AvgIpc) is 3.30. The van der Waals surface area contributed by atoms with E-state index in [0.29, 0.717) is 18.7 Å². The van der Waals surface area contributed by atoms with Crippen LogP contribution in [0.5, 0.6) is 5.75 Å². The second kappa shape index (κ2) is 13.4. The van der Waals surface area contributed by atoms with Crippen LogP contribution in [0, 0.1) is 0 Å². The van der Waals surface area contributed by atoms with Crippen molar-refractivity contribution in [1.29, 1.82) is 0 Å². The molecule has 0 radical (unpaired) electrons. The molecule has 0 bridgehead atoms. The van der Waals surface area contributed by atoms with E-state index in [1.807, 2.05) is 0 Å². The molecule has 1 saturated heterocycles. The van der Waals surface area contributed by atoms with Gasteiger partial charge in [-0.2, -0.15) is 4.37 Å². The Hall–Kier alpha value is -2.15. The van der Waals surface area contributed by atoms with E-state index in [1.54, 1.807) is 31.4 Å². The van der Waals surface area contributed by atoms with Crippen LogP contribution in [0.3, 0.4) is 0 Å². The van der Waals surface area contributed by atoms with E-state index in [9.17, 15) is 4.79 Å². The van der Waals surface area contributed by atoms with Gasteiger partial charge in [0.15, 0.2) is 5.96 Å². The zero-order valence-electron chi connectivity index (χ0n) is 18.8. The van der Waals surface area contributed by atoms with E-state index in [2.05, 4.69) is 43.6 Å². The fraction of sp³-hybridized carbons (Fsp3) is 0.524. The molecule has 1 fully saturated rings. The molecular weight excluding hydrogens is 541 g/mol. The van der Waals surface area contributed by atoms with Crippen molar-refractivity contribution in [2.75, 3.05) is 57.8 Å². The summed E-state index contributed by atoms with van der Waals surface area (Å²) in [6, 6.07) is 7.06. The summed E-state index contributed by atoms with van der Waals surface area (Å²) in [4.78, 5) is 26.1. The Bertz CT molecular complexity index is 867. The second-order valence-corrected chi connectivity index (χ2v) is 7.77. The predicted octanol–water partition coefficient (Wildman–Crippen LogP) is 2.24. The maximum Gasteiger partial charge on any atom is 0.251 e. The number of halogens is 1. The number of nitrogens with one attached hydrogen (secondary N) is 2. The highest BCUT2D eigenvalue weighted by Gasteiger charge is 2.22. The molecule has 1 aliphatic heterocycles. The minimum absolute atomic E-state index is 0. The third-order valence-corrected chi connectivity index (χ3v) is 5.78. The van der Waals surface area contributed by atoms with Crippen molar-refractivity contribution in [3.63, 3.8) is 0 Å². The molecule has 1 aromatic heterocycles. The van der Waals surface area contributed by atoms with Crippen LogP contribution in [0.25, 0.3) is 0 Å². The number of hydrogen-bond acceptors (Lipinski definition) is 7. The molecule has 2 heterocycles. The largest absolute Gasteiger partial charge is 0.497 e. The normalized spacial score (nSPS) is 14.0. The number of methoxy groups -OCH3 is 1. The number of piperazine rings is 1. The van der Waals surface area contributed by atoms with Gasteiger partial charge in [0, 0.05) is 62.8 Å². The lowest BCUT2D eigenvalue weighted by Crippen LogP contribution is -2.52. The quantitative estimate of drug-likeness (QED) is 0.217. The molecule has 32 heavy (non-hydrogen) atoms. The van der Waals surface area contributed by atoms with Gasteiger partial charge >= 0.3 is 0 Å². The summed E-state index contributed by atoms with van der Waals surface area (Å²) in [5.74, 6) is 2.41. The minimum Gasteiger partial charge on any atom is -0.497 e. The number of guanidine groups is 1. The van der Waals surface area contributed by atoms with E-state index in [-0.39, 0.29) is 29.9 Å². The van der Waals surface area contributed by atoms with Crippen LogP contribution in [-0.4, -0.2) is 79.0 Å². The first-order chi connectivity index (χ1) is 15.1. The number of aryl methyl sites for hydroxylation is 1. The number of nitrogens with zero attached hydrogens (tertiary/aromatic N) is 5. The lowest BCUT2D eigenvalue weighted by Gasteiger charge is -2.36. The van der Waals surface area contributed by atoms with Crippen molar-refractivity contribution in [1.82, 2.24) is 24.9 Å². The summed E-state index contributed by atoms with van der Waals surface area (Å²) in [6.45, 7) is 9.43. The van der Waals surface area contributed by atoms with Crippen LogP contribution in [0.4, 0.5) is 5.13 Å². The lowest BCUT2D eigenvalue weighted by molar-refractivity contribution is 0.0954. The molecule has 176 valence electrons. The molecule has 3 rings (SSSR count). The van der Waals surface area contributed by atoms with Crippen molar-refractivity contribution < 1.29 is 9.53 Å². The van der Waals surface area contributed by atoms with Gasteiger partial charge in [0.25, 0.3) is 5.91 Å². The molecule has 0 saturated carbocycles. The first-order valence-corrected chi connectivity index (χ1v) is 11.4. The summed E-state index contributed by atoms with van der Waals surface area (Å²) in [7, 11) is 1.60. The summed E-state index contributed by atoms with van der Waals surface area (Å²) in [6.07, 6.45) is 0.864. The van der Waals surface area contributed by atoms with Crippen molar-refractivity contribution in [2.45, 2.75) is 20.3 Å². The molecule has 1 aliphatic rings. The van der Waals surface area contributed by atoms with Crippen LogP contribution in [0.15, 0.2) is 29.3 Å². The number of ether oxygens (including phenoxy) is 1. The monoisotopic (exact) mass is 573 g/mol. The number of aliphatic imine (C=N–C) groups is 1. The van der Waals surface area contributed by atoms with Gasteiger partial charge in [0.2, 0.25) is 5.13 Å². The molecule has 11 heteroatoms. The van der Waals surface area contributed by atoms with E-state index in [0.717, 1.165) is 61.8 Å². The molecule has 1 aromatic carbocycles. The summed E-state index contributed by atoms with van der Waals surface area (Å²) in [5, 5.41) is 7.28. The minimum atomic E-state index is -0.111. The molecule has 2 N–H and O–H groups in total. The van der Waals surface area contributed by atoms with Gasteiger partial charge in [-0.25, -0.2) is 4.98 Å². The Balaban J connectivity index is 0.00000363. The maximum atomic E-state index is 12.3. The number of amides is 1. The van der Waals surface area contributed by atoms with E-state index < -0.39 is 0 Å². The zero-order chi connectivity index (χ0) is 22.1. The van der Waals surface area contributed by atoms with Crippen molar-refractivity contribution in [2.24, 2.45) is 4.99 Å². The summed E-state index contributed by atoms with van der Waals surface area (Å²) in [5.41, 5.74) is 0.607. The van der Waals surface area contributed by atoms with Gasteiger partial charge in [-0.05, 0) is 31.2 Å². The predicted molar refractivity (Wildman–Crippen MR) is 140 cm³/mol. The number of benzene rings is 1. The second-order valence-electron chi connectivity index (χ2n) is 7.04. The van der Waals surface area contributed by atoms with Crippen molar-refractivity contribution in [3.8, 4) is 5.75 Å².